The Kier molecular flexibility index (Phi) is 3.76. The van der Waals surface area contributed by atoms with Crippen molar-refractivity contribution in [2.75, 3.05) is 6.54 Å². The maximum atomic E-state index is 12.3. The van der Waals surface area contributed by atoms with E-state index in [1.165, 1.54) is 4.31 Å². The average molecular weight is 241 g/mol. The summed E-state index contributed by atoms with van der Waals surface area (Å²) in [6, 6.07) is 8.55. The molecule has 0 atom stereocenters. The van der Waals surface area contributed by atoms with Gasteiger partial charge in [-0.3, -0.25) is 0 Å². The molecule has 16 heavy (non-hydrogen) atoms. The van der Waals surface area contributed by atoms with Crippen molar-refractivity contribution in [2.24, 2.45) is 0 Å². The SMILES string of the molecule is CCN(C(C)(C)C)S(=O)(=O)c1ccccc1. The van der Waals surface area contributed by atoms with Crippen molar-refractivity contribution in [3.63, 3.8) is 0 Å². The third-order valence-corrected chi connectivity index (χ3v) is 4.62. The van der Waals surface area contributed by atoms with E-state index in [4.69, 9.17) is 0 Å². The first-order valence-corrected chi connectivity index (χ1v) is 6.82. The van der Waals surface area contributed by atoms with E-state index < -0.39 is 15.6 Å². The third kappa shape index (κ3) is 2.62. The Morgan fingerprint density at radius 1 is 1.12 bits per heavy atom. The van der Waals surface area contributed by atoms with Crippen molar-refractivity contribution in [2.45, 2.75) is 38.1 Å². The molecule has 0 heterocycles. The lowest BCUT2D eigenvalue weighted by Crippen LogP contribution is -2.45. The van der Waals surface area contributed by atoms with E-state index >= 15 is 0 Å². The van der Waals surface area contributed by atoms with Gasteiger partial charge in [-0.25, -0.2) is 8.42 Å². The standard InChI is InChI=1S/C12H19NO2S/c1-5-13(12(2,3)4)16(14,15)11-9-7-6-8-10-11/h6-10H,5H2,1-4H3. The van der Waals surface area contributed by atoms with E-state index in [0.29, 0.717) is 11.4 Å². The van der Waals surface area contributed by atoms with E-state index in [1.54, 1.807) is 24.3 Å². The zero-order chi connectivity index (χ0) is 12.4. The van der Waals surface area contributed by atoms with Gasteiger partial charge < -0.3 is 0 Å². The molecule has 0 saturated carbocycles. The molecule has 0 aliphatic rings. The highest BCUT2D eigenvalue weighted by molar-refractivity contribution is 7.89. The minimum atomic E-state index is -3.38. The van der Waals surface area contributed by atoms with Crippen molar-refractivity contribution in [1.29, 1.82) is 0 Å². The van der Waals surface area contributed by atoms with Gasteiger partial charge in [0, 0.05) is 12.1 Å². The number of sulfonamides is 1. The number of rotatable bonds is 3. The first kappa shape index (κ1) is 13.2. The monoisotopic (exact) mass is 241 g/mol. The highest BCUT2D eigenvalue weighted by Crippen LogP contribution is 2.23. The first-order chi connectivity index (χ1) is 7.30. The van der Waals surface area contributed by atoms with Crippen molar-refractivity contribution in [3.8, 4) is 0 Å². The smallest absolute Gasteiger partial charge is 0.207 e. The largest absolute Gasteiger partial charge is 0.243 e. The van der Waals surface area contributed by atoms with Gasteiger partial charge in [0.05, 0.1) is 4.90 Å². The van der Waals surface area contributed by atoms with Gasteiger partial charge in [-0.1, -0.05) is 25.1 Å². The Labute approximate surface area is 98.1 Å². The molecule has 1 aromatic rings. The average Bonchev–Trinajstić information content (AvgIpc) is 2.17. The molecule has 1 aromatic carbocycles. The molecule has 4 heteroatoms. The minimum absolute atomic E-state index is 0.353. The summed E-state index contributed by atoms with van der Waals surface area (Å²) in [5, 5.41) is 0. The topological polar surface area (TPSA) is 37.4 Å². The Bertz CT molecular complexity index is 432. The summed E-state index contributed by atoms with van der Waals surface area (Å²) < 4.78 is 26.2. The molecule has 0 amide bonds. The van der Waals surface area contributed by atoms with Crippen LogP contribution >= 0.6 is 0 Å². The number of hydrogen-bond donors (Lipinski definition) is 0. The quantitative estimate of drug-likeness (QED) is 0.815. The van der Waals surface area contributed by atoms with E-state index in [9.17, 15) is 8.42 Å². The fourth-order valence-corrected chi connectivity index (χ4v) is 3.54. The van der Waals surface area contributed by atoms with Crippen molar-refractivity contribution in [3.05, 3.63) is 30.3 Å². The molecule has 0 bridgehead atoms. The van der Waals surface area contributed by atoms with E-state index in [0.717, 1.165) is 0 Å². The van der Waals surface area contributed by atoms with Gasteiger partial charge in [-0.2, -0.15) is 4.31 Å². The Morgan fingerprint density at radius 2 is 1.62 bits per heavy atom. The zero-order valence-electron chi connectivity index (χ0n) is 10.3. The van der Waals surface area contributed by atoms with Crippen LogP contribution in [-0.2, 0) is 10.0 Å². The van der Waals surface area contributed by atoms with Crippen LogP contribution in [0.4, 0.5) is 0 Å². The summed E-state index contributed by atoms with van der Waals surface area (Å²) in [4.78, 5) is 0.353. The summed E-state index contributed by atoms with van der Waals surface area (Å²) >= 11 is 0. The summed E-state index contributed by atoms with van der Waals surface area (Å²) in [5.74, 6) is 0. The van der Waals surface area contributed by atoms with Gasteiger partial charge in [0.2, 0.25) is 10.0 Å². The predicted molar refractivity (Wildman–Crippen MR) is 65.8 cm³/mol. The van der Waals surface area contributed by atoms with Crippen LogP contribution in [0.3, 0.4) is 0 Å². The molecule has 0 radical (unpaired) electrons. The molecule has 0 fully saturated rings. The molecule has 0 unspecified atom stereocenters. The summed E-state index contributed by atoms with van der Waals surface area (Å²) in [5.41, 5.74) is -0.399. The van der Waals surface area contributed by atoms with Crippen LogP contribution < -0.4 is 0 Å². The normalized spacial score (nSPS) is 13.1. The van der Waals surface area contributed by atoms with Crippen LogP contribution in [0.15, 0.2) is 35.2 Å². The molecular formula is C12H19NO2S. The van der Waals surface area contributed by atoms with Gasteiger partial charge in [0.1, 0.15) is 0 Å². The fraction of sp³-hybridized carbons (Fsp3) is 0.500. The van der Waals surface area contributed by atoms with Crippen molar-refractivity contribution < 1.29 is 8.42 Å². The fourth-order valence-electron chi connectivity index (χ4n) is 1.72. The van der Waals surface area contributed by atoms with Gasteiger partial charge in [-0.15, -0.1) is 0 Å². The summed E-state index contributed by atoms with van der Waals surface area (Å²) in [7, 11) is -3.38. The maximum absolute atomic E-state index is 12.3. The molecule has 1 rings (SSSR count). The van der Waals surface area contributed by atoms with Crippen LogP contribution in [-0.4, -0.2) is 24.8 Å². The van der Waals surface area contributed by atoms with Gasteiger partial charge in [-0.05, 0) is 32.9 Å². The summed E-state index contributed by atoms with van der Waals surface area (Å²) in [6.45, 7) is 8.03. The Balaban J connectivity index is 3.21. The number of nitrogens with zero attached hydrogens (tertiary/aromatic N) is 1. The zero-order valence-corrected chi connectivity index (χ0v) is 11.1. The van der Waals surface area contributed by atoms with Crippen molar-refractivity contribution >= 4 is 10.0 Å². The molecule has 0 saturated heterocycles. The molecule has 0 aliphatic carbocycles. The second-order valence-electron chi connectivity index (χ2n) is 4.65. The molecular weight excluding hydrogens is 222 g/mol. The highest BCUT2D eigenvalue weighted by Gasteiger charge is 2.32. The maximum Gasteiger partial charge on any atom is 0.243 e. The predicted octanol–water partition coefficient (Wildman–Crippen LogP) is 2.50. The molecule has 90 valence electrons. The molecule has 0 spiro atoms. The summed E-state index contributed by atoms with van der Waals surface area (Å²) in [6.07, 6.45) is 0. The third-order valence-electron chi connectivity index (χ3n) is 2.37. The van der Waals surface area contributed by atoms with Crippen LogP contribution in [0.2, 0.25) is 0 Å². The Morgan fingerprint density at radius 3 is 2.00 bits per heavy atom. The second kappa shape index (κ2) is 4.55. The van der Waals surface area contributed by atoms with Crippen molar-refractivity contribution in [1.82, 2.24) is 4.31 Å². The van der Waals surface area contributed by atoms with E-state index in [1.807, 2.05) is 33.8 Å². The van der Waals surface area contributed by atoms with Crippen LogP contribution in [0.5, 0.6) is 0 Å². The van der Waals surface area contributed by atoms with Crippen LogP contribution in [0.1, 0.15) is 27.7 Å². The molecule has 0 aromatic heterocycles. The second-order valence-corrected chi connectivity index (χ2v) is 6.52. The number of benzene rings is 1. The molecule has 3 nitrogen and oxygen atoms in total. The first-order valence-electron chi connectivity index (χ1n) is 5.38. The lowest BCUT2D eigenvalue weighted by Gasteiger charge is -2.33. The lowest BCUT2D eigenvalue weighted by molar-refractivity contribution is 0.260. The van der Waals surface area contributed by atoms with Crippen LogP contribution in [0.25, 0.3) is 0 Å². The number of hydrogen-bond acceptors (Lipinski definition) is 2. The van der Waals surface area contributed by atoms with Gasteiger partial charge in [0.15, 0.2) is 0 Å². The van der Waals surface area contributed by atoms with Gasteiger partial charge >= 0.3 is 0 Å². The van der Waals surface area contributed by atoms with E-state index in [2.05, 4.69) is 0 Å². The lowest BCUT2D eigenvalue weighted by atomic mass is 10.1. The van der Waals surface area contributed by atoms with Crippen LogP contribution in [0, 0.1) is 0 Å². The Hall–Kier alpha value is -0.870. The minimum Gasteiger partial charge on any atom is -0.207 e. The van der Waals surface area contributed by atoms with Gasteiger partial charge in [0.25, 0.3) is 0 Å². The highest BCUT2D eigenvalue weighted by atomic mass is 32.2. The van der Waals surface area contributed by atoms with E-state index in [-0.39, 0.29) is 0 Å². The molecule has 0 N–H and O–H groups in total. The molecule has 0 aliphatic heterocycles.